The second-order valence-corrected chi connectivity index (χ2v) is 7.93. The van der Waals surface area contributed by atoms with Crippen LogP contribution in [0.2, 0.25) is 0 Å². The molecular weight excluding hydrogens is 240 g/mol. The van der Waals surface area contributed by atoms with E-state index < -0.39 is 11.6 Å². The summed E-state index contributed by atoms with van der Waals surface area (Å²) in [5, 5.41) is 21.8. The predicted octanol–water partition coefficient (Wildman–Crippen LogP) is 2.12. The molecule has 0 heterocycles. The number of fused-ring (bicyclic) bond motifs is 1. The lowest BCUT2D eigenvalue weighted by Gasteiger charge is -2.61. The zero-order valence-electron chi connectivity index (χ0n) is 12.7. The first-order valence-corrected chi connectivity index (χ1v) is 7.52. The van der Waals surface area contributed by atoms with Gasteiger partial charge in [0.1, 0.15) is 0 Å². The van der Waals surface area contributed by atoms with Crippen molar-refractivity contribution in [3.8, 4) is 0 Å². The monoisotopic (exact) mass is 267 g/mol. The fourth-order valence-corrected chi connectivity index (χ4v) is 5.24. The molecule has 1 N–H and O–H groups in total. The van der Waals surface area contributed by atoms with Gasteiger partial charge in [-0.15, -0.1) is 0 Å². The van der Waals surface area contributed by atoms with Crippen LogP contribution in [0.1, 0.15) is 66.2 Å². The van der Waals surface area contributed by atoms with E-state index in [2.05, 4.69) is 20.8 Å². The van der Waals surface area contributed by atoms with E-state index >= 15 is 0 Å². The highest BCUT2D eigenvalue weighted by molar-refractivity contribution is 5.65. The molecule has 4 atom stereocenters. The lowest BCUT2D eigenvalue weighted by molar-refractivity contribution is -0.311. The summed E-state index contributed by atoms with van der Waals surface area (Å²) in [7, 11) is 0. The number of hydrogen-bond donors (Lipinski definition) is 1. The first-order valence-electron chi connectivity index (χ1n) is 7.52. The number of carbonyl (C=O) groups excluding carboxylic acids is 1. The van der Waals surface area contributed by atoms with Crippen molar-refractivity contribution in [3.05, 3.63) is 0 Å². The summed E-state index contributed by atoms with van der Waals surface area (Å²) in [5.74, 6) is -0.725. The summed E-state index contributed by atoms with van der Waals surface area (Å²) < 4.78 is 0. The summed E-state index contributed by atoms with van der Waals surface area (Å²) in [6.07, 6.45) is 5.03. The van der Waals surface area contributed by atoms with Gasteiger partial charge in [0.2, 0.25) is 0 Å². The molecule has 3 nitrogen and oxygen atoms in total. The molecule has 0 bridgehead atoms. The highest BCUT2D eigenvalue weighted by Crippen LogP contribution is 2.62. The molecule has 0 radical (unpaired) electrons. The summed E-state index contributed by atoms with van der Waals surface area (Å²) >= 11 is 0. The van der Waals surface area contributed by atoms with Gasteiger partial charge in [-0.2, -0.15) is 0 Å². The molecule has 0 aliphatic heterocycles. The van der Waals surface area contributed by atoms with Crippen LogP contribution in [-0.2, 0) is 4.79 Å². The van der Waals surface area contributed by atoms with Crippen molar-refractivity contribution < 1.29 is 15.0 Å². The third-order valence-corrected chi connectivity index (χ3v) is 6.13. The Morgan fingerprint density at radius 2 is 1.84 bits per heavy atom. The smallest absolute Gasteiger partial charge is 0.0656 e. The molecule has 19 heavy (non-hydrogen) atoms. The topological polar surface area (TPSA) is 60.4 Å². The summed E-state index contributed by atoms with van der Waals surface area (Å²) in [5.41, 5.74) is -0.712. The van der Waals surface area contributed by atoms with E-state index in [1.165, 1.54) is 6.42 Å². The third kappa shape index (κ3) is 2.42. The minimum atomic E-state index is -1.03. The van der Waals surface area contributed by atoms with E-state index in [1.54, 1.807) is 0 Å². The van der Waals surface area contributed by atoms with Crippen molar-refractivity contribution in [1.29, 1.82) is 0 Å². The molecule has 0 aromatic heterocycles. The van der Waals surface area contributed by atoms with Gasteiger partial charge >= 0.3 is 0 Å². The van der Waals surface area contributed by atoms with Crippen LogP contribution < -0.4 is 5.11 Å². The zero-order valence-corrected chi connectivity index (χ0v) is 12.7. The van der Waals surface area contributed by atoms with Crippen molar-refractivity contribution in [2.24, 2.45) is 22.7 Å². The first-order chi connectivity index (χ1) is 8.59. The molecule has 3 heteroatoms. The SMILES string of the molecule is CC1(C)CCC[C@]2(C)[C@H]1CC[C@](C)(O)[C@H]2CC(=O)[O-]. The molecule has 2 fully saturated rings. The fourth-order valence-electron chi connectivity index (χ4n) is 5.24. The number of carboxylic acid groups (broad SMARTS) is 1. The van der Waals surface area contributed by atoms with Gasteiger partial charge in [0.25, 0.3) is 0 Å². The number of aliphatic hydroxyl groups is 1. The minimum absolute atomic E-state index is 0.0178. The van der Waals surface area contributed by atoms with Crippen LogP contribution in [0.25, 0.3) is 0 Å². The average Bonchev–Trinajstić information content (AvgIpc) is 2.22. The molecule has 2 saturated carbocycles. The number of hydrogen-bond acceptors (Lipinski definition) is 3. The van der Waals surface area contributed by atoms with Crippen LogP contribution in [0.5, 0.6) is 0 Å². The third-order valence-electron chi connectivity index (χ3n) is 6.13. The second kappa shape index (κ2) is 4.47. The average molecular weight is 267 g/mol. The Morgan fingerprint density at radius 1 is 1.21 bits per heavy atom. The highest BCUT2D eigenvalue weighted by atomic mass is 16.4. The maximum Gasteiger partial charge on any atom is 0.0656 e. The van der Waals surface area contributed by atoms with Gasteiger partial charge in [-0.1, -0.05) is 27.2 Å². The molecular formula is C16H27O3-. The summed E-state index contributed by atoms with van der Waals surface area (Å²) in [6, 6.07) is 0. The molecule has 2 aliphatic rings. The number of carboxylic acids is 1. The van der Waals surface area contributed by atoms with Crippen LogP contribution in [0.4, 0.5) is 0 Å². The Kier molecular flexibility index (Phi) is 3.49. The lowest BCUT2D eigenvalue weighted by Crippen LogP contribution is -2.58. The highest BCUT2D eigenvalue weighted by Gasteiger charge is 2.57. The van der Waals surface area contributed by atoms with Crippen LogP contribution in [-0.4, -0.2) is 16.7 Å². The van der Waals surface area contributed by atoms with Gasteiger partial charge in [0.15, 0.2) is 0 Å². The van der Waals surface area contributed by atoms with Crippen LogP contribution in [0.3, 0.4) is 0 Å². The lowest BCUT2D eigenvalue weighted by atomic mass is 9.45. The van der Waals surface area contributed by atoms with Crippen molar-refractivity contribution in [2.45, 2.75) is 71.8 Å². The van der Waals surface area contributed by atoms with Crippen molar-refractivity contribution >= 4 is 5.97 Å². The van der Waals surface area contributed by atoms with Crippen molar-refractivity contribution in [1.82, 2.24) is 0 Å². The molecule has 0 saturated heterocycles. The number of carbonyl (C=O) groups is 1. The first kappa shape index (κ1) is 14.8. The van der Waals surface area contributed by atoms with Gasteiger partial charge in [-0.3, -0.25) is 0 Å². The van der Waals surface area contributed by atoms with Crippen molar-refractivity contribution in [3.63, 3.8) is 0 Å². The summed E-state index contributed by atoms with van der Waals surface area (Å²) in [4.78, 5) is 11.1. The van der Waals surface area contributed by atoms with E-state index in [1.807, 2.05) is 6.92 Å². The van der Waals surface area contributed by atoms with Crippen LogP contribution in [0, 0.1) is 22.7 Å². The van der Waals surface area contributed by atoms with Crippen molar-refractivity contribution in [2.75, 3.05) is 0 Å². The minimum Gasteiger partial charge on any atom is -0.550 e. The quantitative estimate of drug-likeness (QED) is 0.833. The molecule has 0 spiro atoms. The molecule has 0 aromatic rings. The van der Waals surface area contributed by atoms with E-state index in [9.17, 15) is 15.0 Å². The maximum atomic E-state index is 11.1. The Bertz CT molecular complexity index is 372. The molecule has 110 valence electrons. The van der Waals surface area contributed by atoms with Gasteiger partial charge in [0.05, 0.1) is 5.60 Å². The van der Waals surface area contributed by atoms with Crippen LogP contribution in [0.15, 0.2) is 0 Å². The molecule has 0 amide bonds. The maximum absolute atomic E-state index is 11.1. The normalized spacial score (nSPS) is 45.5. The largest absolute Gasteiger partial charge is 0.550 e. The standard InChI is InChI=1S/C16H28O3/c1-14(2)7-5-8-15(3)11(14)6-9-16(4,19)12(15)10-13(17)18/h11-12,19H,5-10H2,1-4H3,(H,17,18)/p-1/t11-,12-,15+,16-/m0/s1. The Hall–Kier alpha value is -0.570. The molecule has 2 aliphatic carbocycles. The molecule has 2 rings (SSSR count). The second-order valence-electron chi connectivity index (χ2n) is 7.93. The Balaban J connectivity index is 2.38. The van der Waals surface area contributed by atoms with E-state index in [4.69, 9.17) is 0 Å². The van der Waals surface area contributed by atoms with E-state index in [-0.39, 0.29) is 23.2 Å². The van der Waals surface area contributed by atoms with E-state index in [0.29, 0.717) is 12.3 Å². The number of aliphatic carboxylic acids is 1. The molecule has 0 unspecified atom stereocenters. The predicted molar refractivity (Wildman–Crippen MR) is 72.2 cm³/mol. The van der Waals surface area contributed by atoms with E-state index in [0.717, 1.165) is 19.3 Å². The van der Waals surface area contributed by atoms with Gasteiger partial charge in [0, 0.05) is 5.97 Å². The Morgan fingerprint density at radius 3 is 2.42 bits per heavy atom. The zero-order chi connectivity index (χ0) is 14.5. The summed E-state index contributed by atoms with van der Waals surface area (Å²) in [6.45, 7) is 8.60. The Labute approximate surface area is 116 Å². The van der Waals surface area contributed by atoms with Gasteiger partial charge in [-0.25, -0.2) is 0 Å². The number of rotatable bonds is 2. The van der Waals surface area contributed by atoms with Gasteiger partial charge in [-0.05, 0) is 61.7 Å². The fraction of sp³-hybridized carbons (Fsp3) is 0.938. The molecule has 0 aromatic carbocycles. The van der Waals surface area contributed by atoms with Crippen LogP contribution >= 0.6 is 0 Å². The van der Waals surface area contributed by atoms with Gasteiger partial charge < -0.3 is 15.0 Å².